The Kier molecular flexibility index (Phi) is 3.65. The van der Waals surface area contributed by atoms with E-state index in [0.29, 0.717) is 4.90 Å². The zero-order valence-corrected chi connectivity index (χ0v) is 7.79. The summed E-state index contributed by atoms with van der Waals surface area (Å²) in [5, 5.41) is 8.34. The standard InChI is InChI=1S/C8H9F2NOS/c1-13-7-3-2-6(9)5(4-11-12)8(7)10/h2-3,11-12H,4H2,1H3. The van der Waals surface area contributed by atoms with E-state index in [2.05, 4.69) is 0 Å². The minimum absolute atomic E-state index is 0.144. The van der Waals surface area contributed by atoms with E-state index in [0.717, 1.165) is 0 Å². The van der Waals surface area contributed by atoms with Gasteiger partial charge in [0.05, 0.1) is 6.54 Å². The van der Waals surface area contributed by atoms with E-state index in [9.17, 15) is 8.78 Å². The highest BCUT2D eigenvalue weighted by Gasteiger charge is 2.12. The molecule has 1 aromatic carbocycles. The summed E-state index contributed by atoms with van der Waals surface area (Å²) < 4.78 is 26.3. The summed E-state index contributed by atoms with van der Waals surface area (Å²) >= 11 is 1.19. The molecule has 0 fully saturated rings. The normalized spacial score (nSPS) is 10.5. The topological polar surface area (TPSA) is 32.3 Å². The van der Waals surface area contributed by atoms with Crippen molar-refractivity contribution in [1.82, 2.24) is 5.48 Å². The highest BCUT2D eigenvalue weighted by atomic mass is 32.2. The summed E-state index contributed by atoms with van der Waals surface area (Å²) in [6.07, 6.45) is 1.70. The van der Waals surface area contributed by atoms with Crippen molar-refractivity contribution >= 4 is 11.8 Å². The molecule has 0 aromatic heterocycles. The number of thioether (sulfide) groups is 1. The summed E-state index contributed by atoms with van der Waals surface area (Å²) in [5.41, 5.74) is 1.58. The van der Waals surface area contributed by atoms with Gasteiger partial charge in [-0.2, -0.15) is 0 Å². The largest absolute Gasteiger partial charge is 0.316 e. The van der Waals surface area contributed by atoms with Crippen LogP contribution in [0.3, 0.4) is 0 Å². The van der Waals surface area contributed by atoms with Gasteiger partial charge in [0.25, 0.3) is 0 Å². The van der Waals surface area contributed by atoms with E-state index < -0.39 is 11.6 Å². The van der Waals surface area contributed by atoms with Crippen molar-refractivity contribution in [3.05, 3.63) is 29.3 Å². The van der Waals surface area contributed by atoms with Gasteiger partial charge >= 0.3 is 0 Å². The first-order chi connectivity index (χ1) is 6.20. The lowest BCUT2D eigenvalue weighted by Gasteiger charge is -2.06. The number of hydrogen-bond donors (Lipinski definition) is 2. The van der Waals surface area contributed by atoms with Gasteiger partial charge in [0.1, 0.15) is 11.6 Å². The SMILES string of the molecule is CSc1ccc(F)c(CNO)c1F. The van der Waals surface area contributed by atoms with Crippen LogP contribution >= 0.6 is 11.8 Å². The molecule has 0 aliphatic carbocycles. The fraction of sp³-hybridized carbons (Fsp3) is 0.250. The molecule has 0 aliphatic heterocycles. The molecular weight excluding hydrogens is 196 g/mol. The number of benzene rings is 1. The smallest absolute Gasteiger partial charge is 0.144 e. The van der Waals surface area contributed by atoms with E-state index in [4.69, 9.17) is 5.21 Å². The van der Waals surface area contributed by atoms with Crippen molar-refractivity contribution in [3.8, 4) is 0 Å². The van der Waals surface area contributed by atoms with Gasteiger partial charge in [0.2, 0.25) is 0 Å². The maximum absolute atomic E-state index is 13.3. The van der Waals surface area contributed by atoms with Crippen molar-refractivity contribution in [2.75, 3.05) is 6.26 Å². The van der Waals surface area contributed by atoms with Gasteiger partial charge in [-0.1, -0.05) is 0 Å². The zero-order chi connectivity index (χ0) is 9.84. The molecule has 0 saturated heterocycles. The fourth-order valence-corrected chi connectivity index (χ4v) is 1.48. The molecule has 72 valence electrons. The van der Waals surface area contributed by atoms with Crippen LogP contribution in [0.4, 0.5) is 8.78 Å². The van der Waals surface area contributed by atoms with Crippen LogP contribution in [-0.2, 0) is 6.54 Å². The van der Waals surface area contributed by atoms with Crippen molar-refractivity contribution < 1.29 is 14.0 Å². The van der Waals surface area contributed by atoms with E-state index >= 15 is 0 Å². The molecular formula is C8H9F2NOS. The van der Waals surface area contributed by atoms with Crippen molar-refractivity contribution in [2.24, 2.45) is 0 Å². The first kappa shape index (κ1) is 10.4. The van der Waals surface area contributed by atoms with E-state index in [1.807, 2.05) is 0 Å². The molecule has 0 heterocycles. The predicted octanol–water partition coefficient (Wildman–Crippen LogP) is 2.17. The highest BCUT2D eigenvalue weighted by molar-refractivity contribution is 7.98. The van der Waals surface area contributed by atoms with Gasteiger partial charge in [0, 0.05) is 10.5 Å². The third-order valence-electron chi connectivity index (χ3n) is 1.63. The van der Waals surface area contributed by atoms with Crippen LogP contribution in [0.1, 0.15) is 5.56 Å². The molecule has 0 radical (unpaired) electrons. The Morgan fingerprint density at radius 1 is 1.46 bits per heavy atom. The molecule has 0 amide bonds. The quantitative estimate of drug-likeness (QED) is 0.586. The molecule has 2 N–H and O–H groups in total. The molecule has 1 rings (SSSR count). The summed E-state index contributed by atoms with van der Waals surface area (Å²) in [7, 11) is 0. The van der Waals surface area contributed by atoms with Crippen molar-refractivity contribution in [3.63, 3.8) is 0 Å². The third-order valence-corrected chi connectivity index (χ3v) is 2.38. The maximum atomic E-state index is 13.3. The number of nitrogens with one attached hydrogen (secondary N) is 1. The Morgan fingerprint density at radius 2 is 2.15 bits per heavy atom. The Hall–Kier alpha value is -0.650. The molecule has 2 nitrogen and oxygen atoms in total. The molecule has 0 aliphatic rings. The Bertz CT molecular complexity index is 306. The Morgan fingerprint density at radius 3 is 2.69 bits per heavy atom. The van der Waals surface area contributed by atoms with Crippen LogP contribution in [0, 0.1) is 11.6 Å². The predicted molar refractivity (Wildman–Crippen MR) is 46.8 cm³/mol. The van der Waals surface area contributed by atoms with Gasteiger partial charge in [-0.05, 0) is 18.4 Å². The summed E-state index contributed by atoms with van der Waals surface area (Å²) in [4.78, 5) is 0.367. The number of halogens is 2. The van der Waals surface area contributed by atoms with Crippen molar-refractivity contribution in [1.29, 1.82) is 0 Å². The highest BCUT2D eigenvalue weighted by Crippen LogP contribution is 2.23. The Balaban J connectivity index is 3.13. The molecule has 5 heteroatoms. The fourth-order valence-electron chi connectivity index (χ4n) is 0.975. The van der Waals surface area contributed by atoms with Gasteiger partial charge in [-0.3, -0.25) is 0 Å². The van der Waals surface area contributed by atoms with Crippen LogP contribution in [-0.4, -0.2) is 11.5 Å². The minimum atomic E-state index is -0.656. The van der Waals surface area contributed by atoms with Crippen molar-refractivity contribution in [2.45, 2.75) is 11.4 Å². The van der Waals surface area contributed by atoms with E-state index in [1.54, 1.807) is 11.7 Å². The van der Waals surface area contributed by atoms with Crippen LogP contribution < -0.4 is 5.48 Å². The molecule has 1 aromatic rings. The second kappa shape index (κ2) is 4.55. The van der Waals surface area contributed by atoms with Crippen LogP contribution in [0.25, 0.3) is 0 Å². The van der Waals surface area contributed by atoms with Crippen LogP contribution in [0.15, 0.2) is 17.0 Å². The lowest BCUT2D eigenvalue weighted by molar-refractivity contribution is 0.158. The lowest BCUT2D eigenvalue weighted by Crippen LogP contribution is -2.10. The lowest BCUT2D eigenvalue weighted by atomic mass is 10.2. The van der Waals surface area contributed by atoms with E-state index in [-0.39, 0.29) is 12.1 Å². The second-order valence-corrected chi connectivity index (χ2v) is 3.23. The Labute approximate surface area is 78.9 Å². The second-order valence-electron chi connectivity index (χ2n) is 2.38. The molecule has 0 bridgehead atoms. The summed E-state index contributed by atoms with van der Waals surface area (Å²) in [5.74, 6) is -1.27. The van der Waals surface area contributed by atoms with Crippen LogP contribution in [0.2, 0.25) is 0 Å². The van der Waals surface area contributed by atoms with Gasteiger partial charge in [-0.25, -0.2) is 14.3 Å². The van der Waals surface area contributed by atoms with Gasteiger partial charge in [-0.15, -0.1) is 11.8 Å². The van der Waals surface area contributed by atoms with Gasteiger partial charge in [0.15, 0.2) is 0 Å². The first-order valence-corrected chi connectivity index (χ1v) is 4.81. The molecule has 0 atom stereocenters. The van der Waals surface area contributed by atoms with Gasteiger partial charge < -0.3 is 5.21 Å². The number of hydrogen-bond acceptors (Lipinski definition) is 3. The molecule has 0 saturated carbocycles. The zero-order valence-electron chi connectivity index (χ0n) is 6.97. The maximum Gasteiger partial charge on any atom is 0.144 e. The first-order valence-electron chi connectivity index (χ1n) is 3.58. The summed E-state index contributed by atoms with van der Waals surface area (Å²) in [6, 6.07) is 2.55. The number of rotatable bonds is 3. The average Bonchev–Trinajstić information content (AvgIpc) is 2.12. The third kappa shape index (κ3) is 2.18. The monoisotopic (exact) mass is 205 g/mol. The minimum Gasteiger partial charge on any atom is -0.316 e. The molecule has 0 spiro atoms. The molecule has 0 unspecified atom stereocenters. The van der Waals surface area contributed by atoms with Crippen LogP contribution in [0.5, 0.6) is 0 Å². The molecule has 13 heavy (non-hydrogen) atoms. The van der Waals surface area contributed by atoms with E-state index in [1.165, 1.54) is 23.9 Å². The summed E-state index contributed by atoms with van der Waals surface area (Å²) in [6.45, 7) is -0.230. The average molecular weight is 205 g/mol. The number of hydroxylamine groups is 1.